The minimum absolute atomic E-state index is 0.250. The van der Waals surface area contributed by atoms with Crippen molar-refractivity contribution in [1.82, 2.24) is 15.0 Å². The molecule has 5 rings (SSSR count). The summed E-state index contributed by atoms with van der Waals surface area (Å²) in [5.41, 5.74) is 0.184. The number of carboxylic acid groups (broad SMARTS) is 1. The summed E-state index contributed by atoms with van der Waals surface area (Å²) in [5, 5.41) is 14.5. The third kappa shape index (κ3) is 4.27. The van der Waals surface area contributed by atoms with E-state index in [-0.39, 0.29) is 5.92 Å². The number of aryl methyl sites for hydroxylation is 1. The van der Waals surface area contributed by atoms with Gasteiger partial charge >= 0.3 is 5.97 Å². The van der Waals surface area contributed by atoms with E-state index in [2.05, 4.69) is 20.2 Å². The number of aliphatic carboxylic acids is 1. The number of carboxylic acids is 1. The lowest BCUT2D eigenvalue weighted by Crippen LogP contribution is -2.53. The molecule has 1 saturated heterocycles. The summed E-state index contributed by atoms with van der Waals surface area (Å²) in [5.74, 6) is 1.64. The Labute approximate surface area is 187 Å². The normalized spacial score (nSPS) is 24.9. The fraction of sp³-hybridized carbons (Fsp3) is 0.652. The van der Waals surface area contributed by atoms with Crippen LogP contribution >= 0.6 is 11.3 Å². The third-order valence-corrected chi connectivity index (χ3v) is 8.28. The highest BCUT2D eigenvalue weighted by molar-refractivity contribution is 7.15. The minimum Gasteiger partial charge on any atom is -0.481 e. The van der Waals surface area contributed by atoms with Crippen molar-refractivity contribution in [2.24, 2.45) is 11.3 Å². The third-order valence-electron chi connectivity index (χ3n) is 7.20. The Balaban J connectivity index is 1.37. The molecule has 31 heavy (non-hydrogen) atoms. The molecule has 0 spiro atoms. The number of anilines is 3. The first kappa shape index (κ1) is 20.7. The molecule has 2 saturated carbocycles. The molecule has 8 heteroatoms. The smallest absolute Gasteiger partial charge is 0.311 e. The van der Waals surface area contributed by atoms with Gasteiger partial charge in [0, 0.05) is 35.9 Å². The molecule has 2 aliphatic carbocycles. The molecular formula is C23H31N5O2S. The van der Waals surface area contributed by atoms with Crippen LogP contribution in [0.2, 0.25) is 0 Å². The van der Waals surface area contributed by atoms with E-state index in [1.54, 1.807) is 11.3 Å². The average molecular weight is 442 g/mol. The van der Waals surface area contributed by atoms with Crippen molar-refractivity contribution in [3.63, 3.8) is 0 Å². The van der Waals surface area contributed by atoms with Gasteiger partial charge in [0.25, 0.3) is 0 Å². The molecule has 3 heterocycles. The molecule has 2 N–H and O–H groups in total. The largest absolute Gasteiger partial charge is 0.481 e. The predicted octanol–water partition coefficient (Wildman–Crippen LogP) is 5.11. The van der Waals surface area contributed by atoms with Crippen LogP contribution in [0.15, 0.2) is 12.3 Å². The number of nitrogens with one attached hydrogen (secondary N) is 1. The summed E-state index contributed by atoms with van der Waals surface area (Å²) in [4.78, 5) is 29.9. The van der Waals surface area contributed by atoms with Crippen LogP contribution in [0.3, 0.4) is 0 Å². The molecule has 1 unspecified atom stereocenters. The highest BCUT2D eigenvalue weighted by atomic mass is 32.1. The Bertz CT molecular complexity index is 953. The number of piperidine rings is 1. The maximum atomic E-state index is 12.5. The summed E-state index contributed by atoms with van der Waals surface area (Å²) < 4.78 is 0. The Hall–Kier alpha value is -2.22. The lowest BCUT2D eigenvalue weighted by atomic mass is 9.65. The molecule has 0 bridgehead atoms. The van der Waals surface area contributed by atoms with E-state index in [4.69, 9.17) is 4.98 Å². The number of thiazole rings is 1. The van der Waals surface area contributed by atoms with Gasteiger partial charge in [0.05, 0.1) is 5.41 Å². The van der Waals surface area contributed by atoms with Gasteiger partial charge in [0.2, 0.25) is 5.95 Å². The van der Waals surface area contributed by atoms with Gasteiger partial charge in [-0.2, -0.15) is 4.98 Å². The molecule has 2 aromatic heterocycles. The first-order valence-electron chi connectivity index (χ1n) is 11.6. The van der Waals surface area contributed by atoms with E-state index < -0.39 is 11.4 Å². The second-order valence-corrected chi connectivity index (χ2v) is 10.5. The quantitative estimate of drug-likeness (QED) is 0.643. The second-order valence-electron chi connectivity index (χ2n) is 9.48. The van der Waals surface area contributed by atoms with E-state index in [1.165, 1.54) is 24.1 Å². The summed E-state index contributed by atoms with van der Waals surface area (Å²) in [7, 11) is 0. The van der Waals surface area contributed by atoms with Gasteiger partial charge in [-0.25, -0.2) is 9.97 Å². The molecule has 0 aromatic carbocycles. The summed E-state index contributed by atoms with van der Waals surface area (Å²) in [6.45, 7) is 3.26. The summed E-state index contributed by atoms with van der Waals surface area (Å²) >= 11 is 1.69. The van der Waals surface area contributed by atoms with Crippen LogP contribution in [0, 0.1) is 18.3 Å². The molecule has 3 fully saturated rings. The lowest BCUT2D eigenvalue weighted by molar-refractivity contribution is -0.154. The monoisotopic (exact) mass is 441 g/mol. The zero-order valence-electron chi connectivity index (χ0n) is 18.1. The van der Waals surface area contributed by atoms with Gasteiger partial charge in [0.15, 0.2) is 5.13 Å². The Kier molecular flexibility index (Phi) is 5.58. The highest BCUT2D eigenvalue weighted by Crippen LogP contribution is 2.46. The topological polar surface area (TPSA) is 91.2 Å². The molecule has 2 aromatic rings. The summed E-state index contributed by atoms with van der Waals surface area (Å²) in [6.07, 6.45) is 11.7. The SMILES string of the molecule is Cc1cc(Nc2ncc(C3CC3)s2)nc(N2CCCC(C(=O)O)(C3CCCCC3)C2)n1. The number of aromatic nitrogens is 3. The molecular weight excluding hydrogens is 410 g/mol. The van der Waals surface area contributed by atoms with Crippen LogP contribution in [0.4, 0.5) is 16.9 Å². The standard InChI is InChI=1S/C23H31N5O2S/c1-15-12-19(27-22-24-13-18(31-22)16-8-9-16)26-21(25-15)28-11-5-10-23(14-28,20(29)30)17-6-3-2-4-7-17/h12-13,16-17H,2-11,14H2,1H3,(H,29,30)(H,24,25,26,27). The Morgan fingerprint density at radius 3 is 2.74 bits per heavy atom. The molecule has 166 valence electrons. The Morgan fingerprint density at radius 2 is 2.00 bits per heavy atom. The maximum absolute atomic E-state index is 12.5. The zero-order chi connectivity index (χ0) is 21.4. The van der Waals surface area contributed by atoms with Crippen LogP contribution in [-0.2, 0) is 4.79 Å². The van der Waals surface area contributed by atoms with E-state index in [9.17, 15) is 9.90 Å². The van der Waals surface area contributed by atoms with Gasteiger partial charge in [0.1, 0.15) is 5.82 Å². The fourth-order valence-electron chi connectivity index (χ4n) is 5.36. The molecule has 1 atom stereocenters. The fourth-order valence-corrected chi connectivity index (χ4v) is 6.35. The van der Waals surface area contributed by atoms with Crippen molar-refractivity contribution in [2.75, 3.05) is 23.3 Å². The van der Waals surface area contributed by atoms with Crippen molar-refractivity contribution in [3.05, 3.63) is 22.8 Å². The van der Waals surface area contributed by atoms with Gasteiger partial charge < -0.3 is 15.3 Å². The number of carbonyl (C=O) groups is 1. The van der Waals surface area contributed by atoms with Crippen LogP contribution in [0.25, 0.3) is 0 Å². The van der Waals surface area contributed by atoms with Crippen molar-refractivity contribution in [3.8, 4) is 0 Å². The Morgan fingerprint density at radius 1 is 1.19 bits per heavy atom. The van der Waals surface area contributed by atoms with Gasteiger partial charge in [-0.15, -0.1) is 11.3 Å². The molecule has 1 aliphatic heterocycles. The van der Waals surface area contributed by atoms with Gasteiger partial charge in [-0.1, -0.05) is 19.3 Å². The first-order valence-corrected chi connectivity index (χ1v) is 12.4. The van der Waals surface area contributed by atoms with Crippen LogP contribution in [-0.4, -0.2) is 39.1 Å². The highest BCUT2D eigenvalue weighted by Gasteiger charge is 2.49. The van der Waals surface area contributed by atoms with E-state index in [1.807, 2.05) is 19.2 Å². The van der Waals surface area contributed by atoms with Crippen molar-refractivity contribution >= 4 is 34.2 Å². The van der Waals surface area contributed by atoms with E-state index in [0.717, 1.165) is 61.7 Å². The first-order chi connectivity index (χ1) is 15.0. The maximum Gasteiger partial charge on any atom is 0.311 e. The number of nitrogens with zero attached hydrogens (tertiary/aromatic N) is 4. The number of hydrogen-bond donors (Lipinski definition) is 2. The molecule has 0 amide bonds. The van der Waals surface area contributed by atoms with Crippen molar-refractivity contribution < 1.29 is 9.90 Å². The van der Waals surface area contributed by atoms with E-state index >= 15 is 0 Å². The predicted molar refractivity (Wildman–Crippen MR) is 122 cm³/mol. The van der Waals surface area contributed by atoms with Crippen molar-refractivity contribution in [2.45, 2.75) is 70.6 Å². The molecule has 7 nitrogen and oxygen atoms in total. The molecule has 0 radical (unpaired) electrons. The second kappa shape index (κ2) is 8.37. The van der Waals surface area contributed by atoms with Crippen LogP contribution in [0.5, 0.6) is 0 Å². The number of hydrogen-bond acceptors (Lipinski definition) is 7. The van der Waals surface area contributed by atoms with Gasteiger partial charge in [-0.05, 0) is 57.3 Å². The number of rotatable bonds is 6. The van der Waals surface area contributed by atoms with Crippen molar-refractivity contribution in [1.29, 1.82) is 0 Å². The lowest BCUT2D eigenvalue weighted by Gasteiger charge is -2.45. The average Bonchev–Trinajstić information content (AvgIpc) is 3.53. The van der Waals surface area contributed by atoms with Crippen LogP contribution in [0.1, 0.15) is 74.3 Å². The van der Waals surface area contributed by atoms with Gasteiger partial charge in [-0.3, -0.25) is 4.79 Å². The van der Waals surface area contributed by atoms with E-state index in [0.29, 0.717) is 18.4 Å². The molecule has 3 aliphatic rings. The minimum atomic E-state index is -0.687. The zero-order valence-corrected chi connectivity index (χ0v) is 19.0. The summed E-state index contributed by atoms with van der Waals surface area (Å²) in [6, 6.07) is 1.93. The van der Waals surface area contributed by atoms with Crippen LogP contribution < -0.4 is 10.2 Å².